The van der Waals surface area contributed by atoms with Crippen LogP contribution in [-0.4, -0.2) is 37.4 Å². The molecule has 6 heteroatoms. The SMILES string of the molecule is CN(C)CC(=O)Nc1ccccc1NC(=O)Cc1cccc(Cl)c1. The van der Waals surface area contributed by atoms with Crippen molar-refractivity contribution in [2.45, 2.75) is 6.42 Å². The average molecular weight is 346 g/mol. The van der Waals surface area contributed by atoms with E-state index in [1.165, 1.54) is 0 Å². The molecule has 0 fully saturated rings. The summed E-state index contributed by atoms with van der Waals surface area (Å²) >= 11 is 5.93. The molecule has 2 aromatic carbocycles. The molecular weight excluding hydrogens is 326 g/mol. The maximum atomic E-state index is 12.2. The van der Waals surface area contributed by atoms with Crippen LogP contribution in [0.3, 0.4) is 0 Å². The lowest BCUT2D eigenvalue weighted by atomic mass is 10.1. The largest absolute Gasteiger partial charge is 0.324 e. The van der Waals surface area contributed by atoms with Gasteiger partial charge in [0.15, 0.2) is 0 Å². The third-order valence-electron chi connectivity index (χ3n) is 3.19. The van der Waals surface area contributed by atoms with Crippen molar-refractivity contribution >= 4 is 34.8 Å². The number of anilines is 2. The summed E-state index contributed by atoms with van der Waals surface area (Å²) in [5, 5.41) is 6.22. The van der Waals surface area contributed by atoms with Crippen molar-refractivity contribution in [1.82, 2.24) is 4.90 Å². The van der Waals surface area contributed by atoms with Gasteiger partial charge in [-0.1, -0.05) is 35.9 Å². The fraction of sp³-hybridized carbons (Fsp3) is 0.222. The van der Waals surface area contributed by atoms with Gasteiger partial charge in [0, 0.05) is 5.02 Å². The lowest BCUT2D eigenvalue weighted by Crippen LogP contribution is -2.27. The Bertz CT molecular complexity index is 732. The minimum absolute atomic E-state index is 0.142. The van der Waals surface area contributed by atoms with Crippen molar-refractivity contribution in [3.8, 4) is 0 Å². The van der Waals surface area contributed by atoms with Crippen LogP contribution in [0.1, 0.15) is 5.56 Å². The zero-order valence-electron chi connectivity index (χ0n) is 13.7. The molecule has 0 aromatic heterocycles. The Morgan fingerprint density at radius 3 is 2.17 bits per heavy atom. The molecule has 0 aliphatic carbocycles. The highest BCUT2D eigenvalue weighted by Crippen LogP contribution is 2.21. The monoisotopic (exact) mass is 345 g/mol. The summed E-state index contributed by atoms with van der Waals surface area (Å²) in [6.07, 6.45) is 0.209. The van der Waals surface area contributed by atoms with E-state index in [0.717, 1.165) is 5.56 Å². The molecule has 2 N–H and O–H groups in total. The Morgan fingerprint density at radius 2 is 1.58 bits per heavy atom. The number of amides is 2. The van der Waals surface area contributed by atoms with Gasteiger partial charge in [0.25, 0.3) is 0 Å². The fourth-order valence-electron chi connectivity index (χ4n) is 2.20. The molecule has 0 heterocycles. The van der Waals surface area contributed by atoms with E-state index in [0.29, 0.717) is 16.4 Å². The number of hydrogen-bond acceptors (Lipinski definition) is 3. The summed E-state index contributed by atoms with van der Waals surface area (Å²) in [6.45, 7) is 0.269. The quantitative estimate of drug-likeness (QED) is 0.846. The summed E-state index contributed by atoms with van der Waals surface area (Å²) in [7, 11) is 3.64. The normalized spacial score (nSPS) is 10.5. The highest BCUT2D eigenvalue weighted by atomic mass is 35.5. The van der Waals surface area contributed by atoms with Gasteiger partial charge in [0.1, 0.15) is 0 Å². The standard InChI is InChI=1S/C18H20ClN3O2/c1-22(2)12-18(24)21-16-9-4-3-8-15(16)20-17(23)11-13-6-5-7-14(19)10-13/h3-10H,11-12H2,1-2H3,(H,20,23)(H,21,24). The van der Waals surface area contributed by atoms with Crippen molar-refractivity contribution in [3.05, 3.63) is 59.1 Å². The van der Waals surface area contributed by atoms with Crippen LogP contribution < -0.4 is 10.6 Å². The number of benzene rings is 2. The van der Waals surface area contributed by atoms with Gasteiger partial charge in [-0.15, -0.1) is 0 Å². The van der Waals surface area contributed by atoms with E-state index in [-0.39, 0.29) is 24.8 Å². The summed E-state index contributed by atoms with van der Waals surface area (Å²) in [6, 6.07) is 14.3. The molecule has 2 amide bonds. The second-order valence-electron chi connectivity index (χ2n) is 5.69. The van der Waals surface area contributed by atoms with Crippen molar-refractivity contribution in [1.29, 1.82) is 0 Å². The van der Waals surface area contributed by atoms with Gasteiger partial charge in [0.2, 0.25) is 11.8 Å². The lowest BCUT2D eigenvalue weighted by molar-refractivity contribution is -0.117. The number of carbonyl (C=O) groups is 2. The average Bonchev–Trinajstić information content (AvgIpc) is 2.48. The van der Waals surface area contributed by atoms with E-state index in [9.17, 15) is 9.59 Å². The highest BCUT2D eigenvalue weighted by molar-refractivity contribution is 6.30. The third-order valence-corrected chi connectivity index (χ3v) is 3.42. The van der Waals surface area contributed by atoms with Crippen LogP contribution in [0.4, 0.5) is 11.4 Å². The van der Waals surface area contributed by atoms with Crippen LogP contribution in [0.5, 0.6) is 0 Å². The predicted octanol–water partition coefficient (Wildman–Crippen LogP) is 3.02. The highest BCUT2D eigenvalue weighted by Gasteiger charge is 2.10. The van der Waals surface area contributed by atoms with Gasteiger partial charge >= 0.3 is 0 Å². The van der Waals surface area contributed by atoms with E-state index in [1.54, 1.807) is 47.4 Å². The summed E-state index contributed by atoms with van der Waals surface area (Å²) < 4.78 is 0. The van der Waals surface area contributed by atoms with E-state index in [4.69, 9.17) is 11.6 Å². The molecule has 0 saturated heterocycles. The van der Waals surface area contributed by atoms with E-state index in [2.05, 4.69) is 10.6 Å². The number of halogens is 1. The number of nitrogens with zero attached hydrogens (tertiary/aromatic N) is 1. The maximum absolute atomic E-state index is 12.2. The molecule has 0 bridgehead atoms. The Labute approximate surface area is 146 Å². The van der Waals surface area contributed by atoms with Gasteiger partial charge in [0.05, 0.1) is 24.3 Å². The lowest BCUT2D eigenvalue weighted by Gasteiger charge is -2.14. The summed E-state index contributed by atoms with van der Waals surface area (Å²) in [4.78, 5) is 25.9. The predicted molar refractivity (Wildman–Crippen MR) is 97.4 cm³/mol. The first kappa shape index (κ1) is 18.0. The molecule has 24 heavy (non-hydrogen) atoms. The zero-order valence-corrected chi connectivity index (χ0v) is 14.4. The molecule has 0 radical (unpaired) electrons. The molecule has 0 aliphatic rings. The topological polar surface area (TPSA) is 61.4 Å². The Kier molecular flexibility index (Phi) is 6.35. The fourth-order valence-corrected chi connectivity index (χ4v) is 2.42. The first-order valence-corrected chi connectivity index (χ1v) is 7.90. The van der Waals surface area contributed by atoms with E-state index in [1.807, 2.05) is 20.2 Å². The maximum Gasteiger partial charge on any atom is 0.238 e. The molecular formula is C18H20ClN3O2. The smallest absolute Gasteiger partial charge is 0.238 e. The van der Waals surface area contributed by atoms with Crippen molar-refractivity contribution in [2.75, 3.05) is 31.3 Å². The van der Waals surface area contributed by atoms with Gasteiger partial charge < -0.3 is 15.5 Å². The van der Waals surface area contributed by atoms with Crippen molar-refractivity contribution < 1.29 is 9.59 Å². The third kappa shape index (κ3) is 5.68. The Hall–Kier alpha value is -2.37. The van der Waals surface area contributed by atoms with E-state index < -0.39 is 0 Å². The molecule has 0 aliphatic heterocycles. The molecule has 0 unspecified atom stereocenters. The van der Waals surface area contributed by atoms with Crippen LogP contribution in [-0.2, 0) is 16.0 Å². The number of likely N-dealkylation sites (N-methyl/N-ethyl adjacent to an activating group) is 1. The summed E-state index contributed by atoms with van der Waals surface area (Å²) in [5.41, 5.74) is 1.97. The summed E-state index contributed by atoms with van der Waals surface area (Å²) in [5.74, 6) is -0.317. The van der Waals surface area contributed by atoms with Gasteiger partial charge in [-0.25, -0.2) is 0 Å². The van der Waals surface area contributed by atoms with Crippen molar-refractivity contribution in [3.63, 3.8) is 0 Å². The van der Waals surface area contributed by atoms with Crippen LogP contribution >= 0.6 is 11.6 Å². The van der Waals surface area contributed by atoms with Crippen LogP contribution in [0.25, 0.3) is 0 Å². The Balaban J connectivity index is 2.04. The molecule has 2 rings (SSSR count). The first-order chi connectivity index (χ1) is 11.4. The molecule has 126 valence electrons. The van der Waals surface area contributed by atoms with Crippen LogP contribution in [0.15, 0.2) is 48.5 Å². The van der Waals surface area contributed by atoms with Gasteiger partial charge in [-0.2, -0.15) is 0 Å². The van der Waals surface area contributed by atoms with Crippen LogP contribution in [0, 0.1) is 0 Å². The zero-order chi connectivity index (χ0) is 17.5. The molecule has 2 aromatic rings. The number of para-hydroxylation sites is 2. The number of nitrogens with one attached hydrogen (secondary N) is 2. The number of rotatable bonds is 6. The van der Waals surface area contributed by atoms with E-state index >= 15 is 0 Å². The minimum Gasteiger partial charge on any atom is -0.324 e. The Morgan fingerprint density at radius 1 is 0.958 bits per heavy atom. The molecule has 5 nitrogen and oxygen atoms in total. The minimum atomic E-state index is -0.174. The number of carbonyl (C=O) groups excluding carboxylic acids is 2. The second-order valence-corrected chi connectivity index (χ2v) is 6.12. The van der Waals surface area contributed by atoms with Gasteiger partial charge in [-0.05, 0) is 43.9 Å². The van der Waals surface area contributed by atoms with Gasteiger partial charge in [-0.3, -0.25) is 9.59 Å². The molecule has 0 atom stereocenters. The first-order valence-electron chi connectivity index (χ1n) is 7.52. The molecule has 0 saturated carbocycles. The van der Waals surface area contributed by atoms with Crippen molar-refractivity contribution in [2.24, 2.45) is 0 Å². The number of hydrogen-bond donors (Lipinski definition) is 2. The van der Waals surface area contributed by atoms with Crippen LogP contribution in [0.2, 0.25) is 5.02 Å². The second kappa shape index (κ2) is 8.47. The molecule has 0 spiro atoms.